The fourth-order valence-electron chi connectivity index (χ4n) is 6.28. The summed E-state index contributed by atoms with van der Waals surface area (Å²) in [5, 5.41) is 8.04. The highest BCUT2D eigenvalue weighted by atomic mass is 16.6. The van der Waals surface area contributed by atoms with Crippen LogP contribution in [0.3, 0.4) is 0 Å². The molecule has 2 aliphatic rings. The van der Waals surface area contributed by atoms with E-state index in [1.807, 2.05) is 0 Å². The maximum absolute atomic E-state index is 13.2. The Balaban J connectivity index is 0.794. The summed E-state index contributed by atoms with van der Waals surface area (Å²) in [7, 11) is 0. The van der Waals surface area contributed by atoms with Gasteiger partial charge in [0.1, 0.15) is 18.4 Å². The standard InChI is InChI=1S/C45H66N4O17/c1-35(50)47-36-5-7-37(8-6-36)66-34-33-65-32-31-64-30-29-63-28-27-62-26-25-61-24-23-60-22-21-59-20-19-58-18-17-57-16-15-56-14-13-55-12-11-46-39-4-2-3-38-42(39)45(54)49(44(38)53)40-9-10-41(51)48-43(40)52/h2-8,40,46H,9-34H2,1H3,(H,47,50)(H,48,51,52). The molecule has 0 aliphatic carbocycles. The maximum Gasteiger partial charge on any atom is 0.264 e. The molecule has 1 saturated heterocycles. The van der Waals surface area contributed by atoms with E-state index in [0.717, 1.165) is 10.6 Å². The number of benzene rings is 2. The molecule has 66 heavy (non-hydrogen) atoms. The van der Waals surface area contributed by atoms with Crippen LogP contribution in [0.15, 0.2) is 42.5 Å². The van der Waals surface area contributed by atoms with E-state index in [1.165, 1.54) is 6.92 Å². The summed E-state index contributed by atoms with van der Waals surface area (Å²) < 4.78 is 66.3. The highest BCUT2D eigenvalue weighted by Gasteiger charge is 2.45. The topological polar surface area (TPSA) is 235 Å². The number of imide groups is 2. The Bertz CT molecular complexity index is 1720. The molecule has 0 saturated carbocycles. The lowest BCUT2D eigenvalue weighted by Gasteiger charge is -2.27. The minimum absolute atomic E-state index is 0.0611. The van der Waals surface area contributed by atoms with Crippen molar-refractivity contribution in [1.29, 1.82) is 0 Å². The van der Waals surface area contributed by atoms with Gasteiger partial charge in [-0.1, -0.05) is 6.07 Å². The van der Waals surface area contributed by atoms with Crippen LogP contribution in [0, 0.1) is 0 Å². The van der Waals surface area contributed by atoms with E-state index < -0.39 is 29.7 Å². The number of rotatable bonds is 40. The lowest BCUT2D eigenvalue weighted by atomic mass is 10.0. The van der Waals surface area contributed by atoms with Crippen molar-refractivity contribution in [2.75, 3.05) is 169 Å². The second-order valence-electron chi connectivity index (χ2n) is 14.4. The predicted molar refractivity (Wildman–Crippen MR) is 237 cm³/mol. The third kappa shape index (κ3) is 21.8. The van der Waals surface area contributed by atoms with Crippen LogP contribution in [0.1, 0.15) is 40.5 Å². The highest BCUT2D eigenvalue weighted by Crippen LogP contribution is 2.32. The van der Waals surface area contributed by atoms with Crippen LogP contribution in [0.5, 0.6) is 5.75 Å². The first kappa shape index (κ1) is 54.0. The quantitative estimate of drug-likeness (QED) is 0.0637. The summed E-state index contributed by atoms with van der Waals surface area (Å²) in [6, 6.07) is 11.0. The Morgan fingerprint density at radius 1 is 0.561 bits per heavy atom. The monoisotopic (exact) mass is 934 g/mol. The third-order valence-electron chi connectivity index (χ3n) is 9.42. The van der Waals surface area contributed by atoms with Crippen LogP contribution < -0.4 is 20.7 Å². The minimum Gasteiger partial charge on any atom is -0.491 e. The number of nitrogens with zero attached hydrogens (tertiary/aromatic N) is 1. The van der Waals surface area contributed by atoms with Gasteiger partial charge in [-0.3, -0.25) is 34.2 Å². The zero-order chi connectivity index (χ0) is 46.9. The van der Waals surface area contributed by atoms with E-state index in [4.69, 9.17) is 56.8 Å². The summed E-state index contributed by atoms with van der Waals surface area (Å²) in [6.45, 7) is 12.0. The molecule has 0 radical (unpaired) electrons. The molecule has 5 amide bonds. The van der Waals surface area contributed by atoms with E-state index in [0.29, 0.717) is 170 Å². The van der Waals surface area contributed by atoms with Crippen LogP contribution in [0.4, 0.5) is 11.4 Å². The molecule has 4 rings (SSSR count). The number of fused-ring (bicyclic) bond motifs is 1. The second kappa shape index (κ2) is 33.8. The van der Waals surface area contributed by atoms with Gasteiger partial charge in [-0.15, -0.1) is 0 Å². The number of carbonyl (C=O) groups excluding carboxylic acids is 5. The average molecular weight is 935 g/mol. The van der Waals surface area contributed by atoms with Gasteiger partial charge in [0, 0.05) is 31.3 Å². The molecule has 2 aliphatic heterocycles. The maximum atomic E-state index is 13.2. The second-order valence-corrected chi connectivity index (χ2v) is 14.4. The minimum atomic E-state index is -1.02. The molecule has 21 nitrogen and oxygen atoms in total. The summed E-state index contributed by atoms with van der Waals surface area (Å²) in [5.41, 5.74) is 1.61. The Morgan fingerprint density at radius 3 is 1.41 bits per heavy atom. The van der Waals surface area contributed by atoms with Gasteiger partial charge < -0.3 is 67.5 Å². The van der Waals surface area contributed by atoms with Crippen molar-refractivity contribution in [2.24, 2.45) is 0 Å². The van der Waals surface area contributed by atoms with Crippen molar-refractivity contribution in [1.82, 2.24) is 10.2 Å². The first-order chi connectivity index (χ1) is 32.3. The predicted octanol–water partition coefficient (Wildman–Crippen LogP) is 1.72. The van der Waals surface area contributed by atoms with Gasteiger partial charge in [0.2, 0.25) is 17.7 Å². The van der Waals surface area contributed by atoms with Crippen molar-refractivity contribution >= 4 is 40.9 Å². The number of piperidine rings is 1. The largest absolute Gasteiger partial charge is 0.491 e. The summed E-state index contributed by atoms with van der Waals surface area (Å²) in [5.74, 6) is -1.60. The SMILES string of the molecule is CC(=O)Nc1ccc(OCCOCCOCCOCCOCCOCCOCCOCCOCCOCCOCCOCCNc2cccc3c2C(=O)N(C2CCC(=O)NC2=O)C3=O)cc1. The summed E-state index contributed by atoms with van der Waals surface area (Å²) in [4.78, 5) is 62.0. The van der Waals surface area contributed by atoms with Gasteiger partial charge in [-0.2, -0.15) is 0 Å². The number of ether oxygens (including phenoxy) is 12. The molecule has 1 fully saturated rings. The normalized spacial score (nSPS) is 14.7. The highest BCUT2D eigenvalue weighted by molar-refractivity contribution is 6.25. The molecule has 2 heterocycles. The Kier molecular flexibility index (Phi) is 27.6. The number of amides is 5. The van der Waals surface area contributed by atoms with Crippen molar-refractivity contribution in [2.45, 2.75) is 25.8 Å². The molecule has 2 aromatic rings. The van der Waals surface area contributed by atoms with E-state index in [-0.39, 0.29) is 29.9 Å². The van der Waals surface area contributed by atoms with E-state index >= 15 is 0 Å². The first-order valence-electron chi connectivity index (χ1n) is 22.3. The van der Waals surface area contributed by atoms with E-state index in [9.17, 15) is 24.0 Å². The van der Waals surface area contributed by atoms with Gasteiger partial charge in [-0.05, 0) is 42.8 Å². The molecule has 3 N–H and O–H groups in total. The Hall–Kier alpha value is -4.65. The van der Waals surface area contributed by atoms with E-state index in [2.05, 4.69) is 16.0 Å². The van der Waals surface area contributed by atoms with Crippen LogP contribution in [0.25, 0.3) is 0 Å². The van der Waals surface area contributed by atoms with Crippen molar-refractivity contribution < 1.29 is 80.8 Å². The zero-order valence-electron chi connectivity index (χ0n) is 37.9. The van der Waals surface area contributed by atoms with Crippen molar-refractivity contribution in [3.63, 3.8) is 0 Å². The number of hydrogen-bond acceptors (Lipinski definition) is 18. The van der Waals surface area contributed by atoms with Gasteiger partial charge in [0.05, 0.1) is 156 Å². The molecule has 21 heteroatoms. The van der Waals surface area contributed by atoms with Gasteiger partial charge >= 0.3 is 0 Å². The molecule has 1 unspecified atom stereocenters. The van der Waals surface area contributed by atoms with Crippen LogP contribution in [-0.2, 0) is 66.5 Å². The molecule has 2 aromatic carbocycles. The fraction of sp³-hybridized carbons (Fsp3) is 0.622. The third-order valence-corrected chi connectivity index (χ3v) is 9.42. The van der Waals surface area contributed by atoms with Crippen LogP contribution in [0.2, 0.25) is 0 Å². The van der Waals surface area contributed by atoms with Gasteiger partial charge in [-0.25, -0.2) is 0 Å². The fourth-order valence-corrected chi connectivity index (χ4v) is 6.28. The van der Waals surface area contributed by atoms with Crippen LogP contribution >= 0.6 is 0 Å². The van der Waals surface area contributed by atoms with Crippen LogP contribution in [-0.4, -0.2) is 199 Å². The number of nitrogens with one attached hydrogen (secondary N) is 3. The molecule has 1 atom stereocenters. The molecule has 0 bridgehead atoms. The lowest BCUT2D eigenvalue weighted by Crippen LogP contribution is -2.54. The molecule has 368 valence electrons. The number of carbonyl (C=O) groups is 5. The lowest BCUT2D eigenvalue weighted by molar-refractivity contribution is -0.136. The smallest absolute Gasteiger partial charge is 0.264 e. The molecule has 0 spiro atoms. The van der Waals surface area contributed by atoms with Gasteiger partial charge in [0.25, 0.3) is 11.8 Å². The van der Waals surface area contributed by atoms with E-state index in [1.54, 1.807) is 42.5 Å². The summed E-state index contributed by atoms with van der Waals surface area (Å²) in [6.07, 6.45) is 0.160. The number of anilines is 2. The van der Waals surface area contributed by atoms with Crippen molar-refractivity contribution in [3.8, 4) is 5.75 Å². The summed E-state index contributed by atoms with van der Waals surface area (Å²) >= 11 is 0. The molecule has 0 aromatic heterocycles. The molecular formula is C45H66N4O17. The Labute approximate surface area is 385 Å². The zero-order valence-corrected chi connectivity index (χ0v) is 37.9. The first-order valence-corrected chi connectivity index (χ1v) is 22.3. The average Bonchev–Trinajstić information content (AvgIpc) is 3.56. The van der Waals surface area contributed by atoms with Gasteiger partial charge in [0.15, 0.2) is 0 Å². The Morgan fingerprint density at radius 2 is 0.985 bits per heavy atom. The number of hydrogen-bond donors (Lipinski definition) is 3. The molecular weight excluding hydrogens is 869 g/mol. The van der Waals surface area contributed by atoms with Crippen molar-refractivity contribution in [3.05, 3.63) is 53.6 Å².